The molecule has 0 bridgehead atoms. The molecule has 7 heteroatoms. The number of hydrogen-bond donors (Lipinski definition) is 3. The van der Waals surface area contributed by atoms with Gasteiger partial charge in [-0.15, -0.1) is 11.3 Å². The molecule has 6 nitrogen and oxygen atoms in total. The zero-order valence-electron chi connectivity index (χ0n) is 12.3. The van der Waals surface area contributed by atoms with E-state index >= 15 is 0 Å². The summed E-state index contributed by atoms with van der Waals surface area (Å²) in [6.45, 7) is 0.463. The van der Waals surface area contributed by atoms with Gasteiger partial charge >= 0.3 is 0 Å². The largest absolute Gasteiger partial charge is 0.351 e. The van der Waals surface area contributed by atoms with Crippen LogP contribution < -0.4 is 10.6 Å². The van der Waals surface area contributed by atoms with Crippen LogP contribution in [0.2, 0.25) is 0 Å². The summed E-state index contributed by atoms with van der Waals surface area (Å²) in [5, 5.41) is 7.38. The summed E-state index contributed by atoms with van der Waals surface area (Å²) in [6.07, 6.45) is 0.894. The second kappa shape index (κ2) is 7.06. The van der Waals surface area contributed by atoms with Crippen molar-refractivity contribution in [1.29, 1.82) is 0 Å². The van der Waals surface area contributed by atoms with Crippen molar-refractivity contribution in [1.82, 2.24) is 15.3 Å². The van der Waals surface area contributed by atoms with Crippen molar-refractivity contribution in [2.24, 2.45) is 0 Å². The van der Waals surface area contributed by atoms with Gasteiger partial charge in [0.2, 0.25) is 11.9 Å². The molecule has 3 N–H and O–H groups in total. The number of thiophene rings is 1. The van der Waals surface area contributed by atoms with Crippen LogP contribution in [0.25, 0.3) is 11.0 Å². The van der Waals surface area contributed by atoms with Gasteiger partial charge in [0.25, 0.3) is 5.91 Å². The molecule has 0 radical (unpaired) electrons. The van der Waals surface area contributed by atoms with Crippen molar-refractivity contribution in [2.75, 3.05) is 11.9 Å². The topological polar surface area (TPSA) is 86.9 Å². The first kappa shape index (κ1) is 15.2. The van der Waals surface area contributed by atoms with Crippen LogP contribution in [0.15, 0.2) is 41.8 Å². The van der Waals surface area contributed by atoms with E-state index in [1.165, 1.54) is 11.3 Å². The Hall–Kier alpha value is -2.67. The lowest BCUT2D eigenvalue weighted by molar-refractivity contribution is -0.116. The van der Waals surface area contributed by atoms with Crippen molar-refractivity contribution in [3.8, 4) is 0 Å². The molecule has 23 heavy (non-hydrogen) atoms. The van der Waals surface area contributed by atoms with Crippen LogP contribution in [0.5, 0.6) is 0 Å². The molecule has 0 fully saturated rings. The smallest absolute Gasteiger partial charge is 0.261 e. The first-order valence-corrected chi connectivity index (χ1v) is 8.16. The minimum absolute atomic E-state index is 0.0994. The van der Waals surface area contributed by atoms with Gasteiger partial charge in [0.15, 0.2) is 0 Å². The SMILES string of the molecule is O=C(CCCNC(=O)c1cccs1)Nc1nc2ccccc2[nH]1. The Bertz CT molecular complexity index is 777. The average Bonchev–Trinajstić information content (AvgIpc) is 3.20. The molecule has 3 aromatic rings. The molecule has 1 aromatic carbocycles. The Balaban J connectivity index is 1.42. The molecule has 2 aromatic heterocycles. The third-order valence-electron chi connectivity index (χ3n) is 3.26. The van der Waals surface area contributed by atoms with Gasteiger partial charge in [0, 0.05) is 13.0 Å². The number of nitrogens with zero attached hydrogens (tertiary/aromatic N) is 1. The second-order valence-electron chi connectivity index (χ2n) is 4.99. The van der Waals surface area contributed by atoms with Crippen LogP contribution >= 0.6 is 11.3 Å². The monoisotopic (exact) mass is 328 g/mol. The Kier molecular flexibility index (Phi) is 4.68. The number of carbonyl (C=O) groups is 2. The molecule has 0 unspecified atom stereocenters. The number of fused-ring (bicyclic) bond motifs is 1. The molecular formula is C16H16N4O2S. The van der Waals surface area contributed by atoms with Gasteiger partial charge in [0.05, 0.1) is 15.9 Å². The van der Waals surface area contributed by atoms with E-state index in [1.54, 1.807) is 6.07 Å². The quantitative estimate of drug-likeness (QED) is 0.608. The maximum Gasteiger partial charge on any atom is 0.261 e. The van der Waals surface area contributed by atoms with Crippen LogP contribution in [0.4, 0.5) is 5.95 Å². The van der Waals surface area contributed by atoms with E-state index in [9.17, 15) is 9.59 Å². The van der Waals surface area contributed by atoms with Gasteiger partial charge in [0.1, 0.15) is 0 Å². The molecule has 0 aliphatic carbocycles. The number of aromatic nitrogens is 2. The van der Waals surface area contributed by atoms with E-state index in [4.69, 9.17) is 0 Å². The van der Waals surface area contributed by atoms with Crippen molar-refractivity contribution in [3.05, 3.63) is 46.7 Å². The van der Waals surface area contributed by atoms with Crippen LogP contribution in [0.3, 0.4) is 0 Å². The lowest BCUT2D eigenvalue weighted by Gasteiger charge is -2.04. The van der Waals surface area contributed by atoms with Gasteiger partial charge in [-0.1, -0.05) is 18.2 Å². The number of hydrogen-bond acceptors (Lipinski definition) is 4. The average molecular weight is 328 g/mol. The van der Waals surface area contributed by atoms with Crippen LogP contribution in [0, 0.1) is 0 Å². The van der Waals surface area contributed by atoms with E-state index < -0.39 is 0 Å². The Morgan fingerprint density at radius 2 is 2.04 bits per heavy atom. The van der Waals surface area contributed by atoms with Gasteiger partial charge in [-0.3, -0.25) is 14.9 Å². The number of nitrogens with one attached hydrogen (secondary N) is 3. The summed E-state index contributed by atoms with van der Waals surface area (Å²) in [5.74, 6) is 0.214. The molecule has 2 amide bonds. The van der Waals surface area contributed by atoms with Crippen molar-refractivity contribution >= 4 is 40.1 Å². The molecular weight excluding hydrogens is 312 g/mol. The zero-order valence-corrected chi connectivity index (χ0v) is 13.2. The first-order valence-electron chi connectivity index (χ1n) is 7.29. The molecule has 0 aliphatic rings. The summed E-state index contributed by atoms with van der Waals surface area (Å²) in [6, 6.07) is 11.2. The van der Waals surface area contributed by atoms with E-state index in [1.807, 2.05) is 35.7 Å². The highest BCUT2D eigenvalue weighted by molar-refractivity contribution is 7.12. The Labute approximate surface area is 136 Å². The van der Waals surface area contributed by atoms with Gasteiger partial charge in [-0.2, -0.15) is 0 Å². The lowest BCUT2D eigenvalue weighted by atomic mass is 10.3. The van der Waals surface area contributed by atoms with Crippen LogP contribution in [-0.4, -0.2) is 28.3 Å². The third-order valence-corrected chi connectivity index (χ3v) is 4.13. The third kappa shape index (κ3) is 3.95. The molecule has 0 saturated heterocycles. The van der Waals surface area contributed by atoms with E-state index in [0.29, 0.717) is 30.2 Å². The predicted molar refractivity (Wildman–Crippen MR) is 90.6 cm³/mol. The highest BCUT2D eigenvalue weighted by Crippen LogP contribution is 2.13. The van der Waals surface area contributed by atoms with Gasteiger partial charge in [-0.25, -0.2) is 4.98 Å². The highest BCUT2D eigenvalue weighted by Gasteiger charge is 2.08. The second-order valence-corrected chi connectivity index (χ2v) is 5.94. The number of carbonyl (C=O) groups excluding carboxylic acids is 2. The maximum absolute atomic E-state index is 11.9. The number of anilines is 1. The van der Waals surface area contributed by atoms with E-state index in [-0.39, 0.29) is 11.8 Å². The highest BCUT2D eigenvalue weighted by atomic mass is 32.1. The Morgan fingerprint density at radius 1 is 1.17 bits per heavy atom. The summed E-state index contributed by atoms with van der Waals surface area (Å²) in [5.41, 5.74) is 1.69. The number of para-hydroxylation sites is 2. The van der Waals surface area contributed by atoms with Gasteiger partial charge < -0.3 is 10.3 Å². The van der Waals surface area contributed by atoms with Crippen LogP contribution in [-0.2, 0) is 4.79 Å². The minimum atomic E-state index is -0.130. The van der Waals surface area contributed by atoms with Gasteiger partial charge in [-0.05, 0) is 30.0 Å². The van der Waals surface area contributed by atoms with Crippen LogP contribution in [0.1, 0.15) is 22.5 Å². The Morgan fingerprint density at radius 3 is 2.83 bits per heavy atom. The summed E-state index contributed by atoms with van der Waals surface area (Å²) in [4.78, 5) is 31.6. The fourth-order valence-electron chi connectivity index (χ4n) is 2.15. The predicted octanol–water partition coefficient (Wildman–Crippen LogP) is 2.77. The number of rotatable bonds is 6. The first-order chi connectivity index (χ1) is 11.2. The molecule has 2 heterocycles. The zero-order chi connectivity index (χ0) is 16.1. The number of H-pyrrole nitrogens is 1. The van der Waals surface area contributed by atoms with E-state index in [2.05, 4.69) is 20.6 Å². The summed E-state index contributed by atoms with van der Waals surface area (Å²) in [7, 11) is 0. The molecule has 0 saturated carbocycles. The summed E-state index contributed by atoms with van der Waals surface area (Å²) >= 11 is 1.40. The number of amides is 2. The van der Waals surface area contributed by atoms with E-state index in [0.717, 1.165) is 11.0 Å². The number of benzene rings is 1. The normalized spacial score (nSPS) is 10.6. The standard InChI is InChI=1S/C16H16N4O2S/c21-14(8-3-9-17-15(22)13-7-4-10-23-13)20-16-18-11-5-1-2-6-12(11)19-16/h1-2,4-7,10H,3,8-9H2,(H,17,22)(H2,18,19,20,21). The minimum Gasteiger partial charge on any atom is -0.351 e. The molecule has 0 atom stereocenters. The van der Waals surface area contributed by atoms with Crippen molar-refractivity contribution in [3.63, 3.8) is 0 Å². The maximum atomic E-state index is 11.9. The van der Waals surface area contributed by atoms with Crippen molar-refractivity contribution in [2.45, 2.75) is 12.8 Å². The molecule has 0 aliphatic heterocycles. The lowest BCUT2D eigenvalue weighted by Crippen LogP contribution is -2.24. The number of imidazole rings is 1. The molecule has 0 spiro atoms. The molecule has 118 valence electrons. The number of aromatic amines is 1. The fraction of sp³-hybridized carbons (Fsp3) is 0.188. The molecule has 3 rings (SSSR count). The van der Waals surface area contributed by atoms with Crippen molar-refractivity contribution < 1.29 is 9.59 Å². The fourth-order valence-corrected chi connectivity index (χ4v) is 2.79. The summed E-state index contributed by atoms with van der Waals surface area (Å²) < 4.78 is 0.